The first-order valence-electron chi connectivity index (χ1n) is 4.72. The molecule has 2 aromatic rings. The summed E-state index contributed by atoms with van der Waals surface area (Å²) in [6, 6.07) is 2.95. The van der Waals surface area contributed by atoms with E-state index in [1.165, 1.54) is 11.4 Å². The highest BCUT2D eigenvalue weighted by Gasteiger charge is 2.22. The van der Waals surface area contributed by atoms with Crippen LogP contribution in [0, 0.1) is 17.5 Å². The standard InChI is InChI=1S/C10H5BrF3NO2S2/c11-5-3-4-18-10(5)19(16,17)15-7-2-1-6(12)8(13)9(7)14/h1-4,15H. The molecule has 3 nitrogen and oxygen atoms in total. The van der Waals surface area contributed by atoms with E-state index < -0.39 is 33.2 Å². The van der Waals surface area contributed by atoms with Gasteiger partial charge in [0.05, 0.1) is 5.69 Å². The summed E-state index contributed by atoms with van der Waals surface area (Å²) >= 11 is 3.92. The summed E-state index contributed by atoms with van der Waals surface area (Å²) in [5.41, 5.74) is -0.654. The fourth-order valence-corrected chi connectivity index (χ4v) is 4.67. The lowest BCUT2D eigenvalue weighted by Gasteiger charge is -2.08. The highest BCUT2D eigenvalue weighted by Crippen LogP contribution is 2.30. The highest BCUT2D eigenvalue weighted by atomic mass is 79.9. The summed E-state index contributed by atoms with van der Waals surface area (Å²) in [4.78, 5) is 0. The molecule has 0 saturated heterocycles. The second-order valence-corrected chi connectivity index (χ2v) is 7.03. The van der Waals surface area contributed by atoms with Crippen LogP contribution in [0.25, 0.3) is 0 Å². The Morgan fingerprint density at radius 1 is 1.11 bits per heavy atom. The third-order valence-corrected chi connectivity index (χ3v) is 6.14. The minimum atomic E-state index is -4.06. The Bertz CT molecular complexity index is 730. The van der Waals surface area contributed by atoms with Crippen molar-refractivity contribution < 1.29 is 21.6 Å². The molecule has 0 fully saturated rings. The van der Waals surface area contributed by atoms with Crippen molar-refractivity contribution in [3.05, 3.63) is 45.5 Å². The Morgan fingerprint density at radius 3 is 2.37 bits per heavy atom. The van der Waals surface area contributed by atoms with Gasteiger partial charge in [0.2, 0.25) is 0 Å². The first-order chi connectivity index (χ1) is 8.83. The molecular weight excluding hydrogens is 367 g/mol. The first-order valence-corrected chi connectivity index (χ1v) is 7.88. The molecule has 2 rings (SSSR count). The highest BCUT2D eigenvalue weighted by molar-refractivity contribution is 9.10. The molecule has 1 aromatic carbocycles. The van der Waals surface area contributed by atoms with Crippen LogP contribution in [0.2, 0.25) is 0 Å². The van der Waals surface area contributed by atoms with Gasteiger partial charge in [-0.25, -0.2) is 21.6 Å². The van der Waals surface area contributed by atoms with Crippen molar-refractivity contribution in [3.8, 4) is 0 Å². The second-order valence-electron chi connectivity index (χ2n) is 3.38. The molecule has 1 aromatic heterocycles. The van der Waals surface area contributed by atoms with Crippen LogP contribution in [0.3, 0.4) is 0 Å². The number of rotatable bonds is 3. The molecule has 0 saturated carbocycles. The summed E-state index contributed by atoms with van der Waals surface area (Å²) in [5, 5.41) is 1.51. The Balaban J connectivity index is 2.42. The third kappa shape index (κ3) is 2.77. The van der Waals surface area contributed by atoms with Gasteiger partial charge in [0, 0.05) is 4.47 Å². The summed E-state index contributed by atoms with van der Waals surface area (Å²) < 4.78 is 65.0. The molecule has 0 amide bonds. The fraction of sp³-hybridized carbons (Fsp3) is 0. The number of halogens is 4. The molecule has 0 atom stereocenters. The number of sulfonamides is 1. The largest absolute Gasteiger partial charge is 0.276 e. The van der Waals surface area contributed by atoms with E-state index in [9.17, 15) is 21.6 Å². The smallest absolute Gasteiger partial charge is 0.272 e. The van der Waals surface area contributed by atoms with E-state index in [4.69, 9.17) is 0 Å². The van der Waals surface area contributed by atoms with Crippen molar-refractivity contribution in [3.63, 3.8) is 0 Å². The molecule has 1 heterocycles. The molecule has 0 aliphatic heterocycles. The van der Waals surface area contributed by atoms with Gasteiger partial charge < -0.3 is 0 Å². The lowest BCUT2D eigenvalue weighted by Crippen LogP contribution is -2.14. The van der Waals surface area contributed by atoms with Gasteiger partial charge in [0.25, 0.3) is 10.0 Å². The quantitative estimate of drug-likeness (QED) is 0.835. The molecule has 0 unspecified atom stereocenters. The van der Waals surface area contributed by atoms with Crippen LogP contribution in [0.15, 0.2) is 32.3 Å². The van der Waals surface area contributed by atoms with Gasteiger partial charge in [0.1, 0.15) is 0 Å². The number of hydrogen-bond donors (Lipinski definition) is 1. The van der Waals surface area contributed by atoms with Crippen LogP contribution in [0.4, 0.5) is 18.9 Å². The average Bonchev–Trinajstić information content (AvgIpc) is 2.77. The summed E-state index contributed by atoms with van der Waals surface area (Å²) in [6.45, 7) is 0. The van der Waals surface area contributed by atoms with Gasteiger partial charge >= 0.3 is 0 Å². The summed E-state index contributed by atoms with van der Waals surface area (Å²) in [6.07, 6.45) is 0. The van der Waals surface area contributed by atoms with E-state index in [0.29, 0.717) is 10.5 Å². The molecule has 102 valence electrons. The molecule has 9 heteroatoms. The van der Waals surface area contributed by atoms with Gasteiger partial charge in [-0.3, -0.25) is 4.72 Å². The molecule has 0 radical (unpaired) electrons. The van der Waals surface area contributed by atoms with E-state index in [0.717, 1.165) is 17.4 Å². The van der Waals surface area contributed by atoms with Crippen LogP contribution in [-0.2, 0) is 10.0 Å². The molecule has 0 spiro atoms. The van der Waals surface area contributed by atoms with Gasteiger partial charge in [0.15, 0.2) is 21.7 Å². The van der Waals surface area contributed by atoms with Crippen molar-refractivity contribution in [2.75, 3.05) is 4.72 Å². The normalized spacial score (nSPS) is 11.6. The monoisotopic (exact) mass is 371 g/mol. The van der Waals surface area contributed by atoms with Crippen LogP contribution < -0.4 is 4.72 Å². The summed E-state index contributed by atoms with van der Waals surface area (Å²) in [5.74, 6) is -4.71. The Kier molecular flexibility index (Phi) is 3.88. The van der Waals surface area contributed by atoms with Crippen LogP contribution in [0.5, 0.6) is 0 Å². The maximum Gasteiger partial charge on any atom is 0.272 e. The topological polar surface area (TPSA) is 46.2 Å². The van der Waals surface area contributed by atoms with E-state index >= 15 is 0 Å². The lowest BCUT2D eigenvalue weighted by atomic mass is 10.3. The zero-order chi connectivity index (χ0) is 14.2. The third-order valence-electron chi connectivity index (χ3n) is 2.11. The van der Waals surface area contributed by atoms with E-state index in [2.05, 4.69) is 15.9 Å². The van der Waals surface area contributed by atoms with Gasteiger partial charge in [-0.05, 0) is 39.5 Å². The van der Waals surface area contributed by atoms with E-state index in [1.54, 1.807) is 0 Å². The first kappa shape index (κ1) is 14.4. The summed E-state index contributed by atoms with van der Waals surface area (Å²) in [7, 11) is -4.06. The van der Waals surface area contributed by atoms with Crippen molar-refractivity contribution in [1.29, 1.82) is 0 Å². The van der Waals surface area contributed by atoms with Gasteiger partial charge in [-0.15, -0.1) is 11.3 Å². The number of nitrogens with one attached hydrogen (secondary N) is 1. The SMILES string of the molecule is O=S(=O)(Nc1ccc(F)c(F)c1F)c1sccc1Br. The van der Waals surface area contributed by atoms with Crippen LogP contribution in [0.1, 0.15) is 0 Å². The van der Waals surface area contributed by atoms with Crippen LogP contribution >= 0.6 is 27.3 Å². The number of anilines is 1. The Morgan fingerprint density at radius 2 is 1.79 bits per heavy atom. The van der Waals surface area contributed by atoms with E-state index in [1.807, 2.05) is 4.72 Å². The molecule has 0 bridgehead atoms. The molecular formula is C10H5BrF3NO2S2. The average molecular weight is 372 g/mol. The molecule has 0 aliphatic carbocycles. The van der Waals surface area contributed by atoms with Crippen LogP contribution in [-0.4, -0.2) is 8.42 Å². The number of thiophene rings is 1. The minimum absolute atomic E-state index is 0.0865. The predicted molar refractivity (Wildman–Crippen MR) is 69.1 cm³/mol. The Labute approximate surface area is 119 Å². The van der Waals surface area contributed by atoms with Gasteiger partial charge in [-0.2, -0.15) is 0 Å². The number of benzene rings is 1. The maximum absolute atomic E-state index is 13.4. The zero-order valence-electron chi connectivity index (χ0n) is 8.95. The van der Waals surface area contributed by atoms with Crippen molar-refractivity contribution >= 4 is 43.0 Å². The Hall–Kier alpha value is -1.06. The second kappa shape index (κ2) is 5.14. The molecule has 19 heavy (non-hydrogen) atoms. The van der Waals surface area contributed by atoms with Crippen molar-refractivity contribution in [1.82, 2.24) is 0 Å². The predicted octanol–water partition coefficient (Wildman–Crippen LogP) is 3.73. The minimum Gasteiger partial charge on any atom is -0.276 e. The fourth-order valence-electron chi connectivity index (χ4n) is 1.27. The molecule has 0 aliphatic rings. The lowest BCUT2D eigenvalue weighted by molar-refractivity contribution is 0.449. The van der Waals surface area contributed by atoms with E-state index in [-0.39, 0.29) is 4.21 Å². The van der Waals surface area contributed by atoms with Crippen molar-refractivity contribution in [2.24, 2.45) is 0 Å². The maximum atomic E-state index is 13.4. The van der Waals surface area contributed by atoms with Gasteiger partial charge in [-0.1, -0.05) is 0 Å². The zero-order valence-corrected chi connectivity index (χ0v) is 12.2. The van der Waals surface area contributed by atoms with Crippen molar-refractivity contribution in [2.45, 2.75) is 4.21 Å². The molecule has 1 N–H and O–H groups in total. The number of hydrogen-bond acceptors (Lipinski definition) is 3.